The summed E-state index contributed by atoms with van der Waals surface area (Å²) in [6.07, 6.45) is 6.47. The van der Waals surface area contributed by atoms with E-state index >= 15 is 0 Å². The summed E-state index contributed by atoms with van der Waals surface area (Å²) < 4.78 is 0. The maximum atomic E-state index is 11.7. The van der Waals surface area contributed by atoms with E-state index in [1.165, 1.54) is 32.1 Å². The van der Waals surface area contributed by atoms with E-state index in [1.807, 2.05) is 18.9 Å². The Kier molecular flexibility index (Phi) is 6.52. The fourth-order valence-corrected chi connectivity index (χ4v) is 2.23. The smallest absolute Gasteiger partial charge is 0.234 e. The number of carbonyl (C=O) groups excluding carboxylic acids is 1. The second-order valence-corrected chi connectivity index (χ2v) is 5.25. The third-order valence-corrected chi connectivity index (χ3v) is 3.72. The van der Waals surface area contributed by atoms with Crippen molar-refractivity contribution in [2.75, 3.05) is 26.7 Å². The van der Waals surface area contributed by atoms with Crippen LogP contribution in [0.3, 0.4) is 0 Å². The molecule has 4 heteroatoms. The lowest BCUT2D eigenvalue weighted by Gasteiger charge is -2.24. The Hall–Kier alpha value is -0.610. The van der Waals surface area contributed by atoms with Crippen molar-refractivity contribution < 1.29 is 9.90 Å². The lowest BCUT2D eigenvalue weighted by Crippen LogP contribution is -2.42. The summed E-state index contributed by atoms with van der Waals surface area (Å²) in [5.74, 6) is 0.742. The number of hydrogen-bond donors (Lipinski definition) is 2. The summed E-state index contributed by atoms with van der Waals surface area (Å²) >= 11 is 0. The van der Waals surface area contributed by atoms with Crippen LogP contribution in [0.1, 0.15) is 39.0 Å². The topological polar surface area (TPSA) is 52.6 Å². The number of likely N-dealkylation sites (N-methyl/N-ethyl adjacent to an activating group) is 1. The Morgan fingerprint density at radius 1 is 1.41 bits per heavy atom. The van der Waals surface area contributed by atoms with E-state index in [0.717, 1.165) is 6.54 Å². The number of amides is 1. The van der Waals surface area contributed by atoms with Crippen LogP contribution in [-0.2, 0) is 4.79 Å². The molecule has 0 spiro atoms. The van der Waals surface area contributed by atoms with Gasteiger partial charge in [0.15, 0.2) is 0 Å². The van der Waals surface area contributed by atoms with Gasteiger partial charge in [-0.1, -0.05) is 19.3 Å². The lowest BCUT2D eigenvalue weighted by molar-refractivity contribution is -0.122. The molecule has 17 heavy (non-hydrogen) atoms. The van der Waals surface area contributed by atoms with Crippen LogP contribution < -0.4 is 5.32 Å². The minimum Gasteiger partial charge on any atom is -0.395 e. The van der Waals surface area contributed by atoms with Crippen LogP contribution in [0.4, 0.5) is 0 Å². The highest BCUT2D eigenvalue weighted by molar-refractivity contribution is 5.78. The second-order valence-electron chi connectivity index (χ2n) is 5.25. The first kappa shape index (κ1) is 14.5. The molecule has 4 nitrogen and oxygen atoms in total. The van der Waals surface area contributed by atoms with Gasteiger partial charge >= 0.3 is 0 Å². The summed E-state index contributed by atoms with van der Waals surface area (Å²) in [7, 11) is 1.86. The van der Waals surface area contributed by atoms with Gasteiger partial charge in [0.25, 0.3) is 0 Å². The predicted molar refractivity (Wildman–Crippen MR) is 68.8 cm³/mol. The zero-order valence-electron chi connectivity index (χ0n) is 11.1. The first-order valence-corrected chi connectivity index (χ1v) is 6.71. The van der Waals surface area contributed by atoms with Crippen molar-refractivity contribution in [3.8, 4) is 0 Å². The van der Waals surface area contributed by atoms with Crippen molar-refractivity contribution in [3.05, 3.63) is 0 Å². The van der Waals surface area contributed by atoms with Gasteiger partial charge in [-0.05, 0) is 32.7 Å². The number of hydrogen-bond acceptors (Lipinski definition) is 3. The molecule has 1 aliphatic carbocycles. The highest BCUT2D eigenvalue weighted by atomic mass is 16.3. The van der Waals surface area contributed by atoms with Gasteiger partial charge in [-0.25, -0.2) is 0 Å². The van der Waals surface area contributed by atoms with Crippen LogP contribution >= 0.6 is 0 Å². The molecule has 100 valence electrons. The van der Waals surface area contributed by atoms with Crippen molar-refractivity contribution in [1.82, 2.24) is 10.2 Å². The van der Waals surface area contributed by atoms with Crippen LogP contribution in [0, 0.1) is 5.92 Å². The molecule has 0 radical (unpaired) electrons. The molecule has 0 saturated heterocycles. The molecule has 1 fully saturated rings. The van der Waals surface area contributed by atoms with E-state index < -0.39 is 0 Å². The second kappa shape index (κ2) is 7.67. The number of nitrogens with zero attached hydrogens (tertiary/aromatic N) is 1. The van der Waals surface area contributed by atoms with E-state index in [0.29, 0.717) is 12.5 Å². The summed E-state index contributed by atoms with van der Waals surface area (Å²) in [5, 5.41) is 12.0. The van der Waals surface area contributed by atoms with Crippen molar-refractivity contribution in [2.24, 2.45) is 5.92 Å². The summed E-state index contributed by atoms with van der Waals surface area (Å²) in [6.45, 7) is 3.19. The SMILES string of the molecule is CC(CO)N(C)CC(=O)NCC1CCCCC1. The molecule has 0 aromatic rings. The molecule has 1 unspecified atom stereocenters. The zero-order chi connectivity index (χ0) is 12.7. The average molecular weight is 242 g/mol. The number of carbonyl (C=O) groups is 1. The Labute approximate surface area is 104 Å². The summed E-state index contributed by atoms with van der Waals surface area (Å²) in [6, 6.07) is 0.0374. The fraction of sp³-hybridized carbons (Fsp3) is 0.923. The van der Waals surface area contributed by atoms with Gasteiger partial charge in [0.2, 0.25) is 5.91 Å². The van der Waals surface area contributed by atoms with Gasteiger partial charge in [-0.15, -0.1) is 0 Å². The average Bonchev–Trinajstić information content (AvgIpc) is 2.36. The number of aliphatic hydroxyl groups excluding tert-OH is 1. The number of aliphatic hydroxyl groups is 1. The standard InChI is InChI=1S/C13H26N2O2/c1-11(10-16)15(2)9-13(17)14-8-12-6-4-3-5-7-12/h11-12,16H,3-10H2,1-2H3,(H,14,17). The normalized spacial score (nSPS) is 19.3. The van der Waals surface area contributed by atoms with Gasteiger partial charge in [0.05, 0.1) is 13.2 Å². The molecule has 1 amide bonds. The monoisotopic (exact) mass is 242 g/mol. The largest absolute Gasteiger partial charge is 0.395 e. The molecule has 0 aliphatic heterocycles. The van der Waals surface area contributed by atoms with Gasteiger partial charge in [0.1, 0.15) is 0 Å². The predicted octanol–water partition coefficient (Wildman–Crippen LogP) is 0.995. The number of rotatable bonds is 6. The molecule has 1 aliphatic rings. The van der Waals surface area contributed by atoms with E-state index in [1.54, 1.807) is 0 Å². The molecule has 0 heterocycles. The fourth-order valence-electron chi connectivity index (χ4n) is 2.23. The maximum absolute atomic E-state index is 11.7. The maximum Gasteiger partial charge on any atom is 0.234 e. The zero-order valence-corrected chi connectivity index (χ0v) is 11.1. The Balaban J connectivity index is 2.15. The van der Waals surface area contributed by atoms with Gasteiger partial charge in [0, 0.05) is 12.6 Å². The Morgan fingerprint density at radius 3 is 2.65 bits per heavy atom. The van der Waals surface area contributed by atoms with Crippen molar-refractivity contribution >= 4 is 5.91 Å². The van der Waals surface area contributed by atoms with E-state index in [-0.39, 0.29) is 18.6 Å². The molecular formula is C13H26N2O2. The van der Waals surface area contributed by atoms with Crippen molar-refractivity contribution in [1.29, 1.82) is 0 Å². The van der Waals surface area contributed by atoms with Crippen LogP contribution in [0.2, 0.25) is 0 Å². The quantitative estimate of drug-likeness (QED) is 0.730. The van der Waals surface area contributed by atoms with Gasteiger partial charge in [-0.2, -0.15) is 0 Å². The third kappa shape index (κ3) is 5.50. The van der Waals surface area contributed by atoms with Crippen LogP contribution in [-0.4, -0.2) is 48.7 Å². The molecule has 1 saturated carbocycles. The molecule has 0 aromatic heterocycles. The van der Waals surface area contributed by atoms with Crippen molar-refractivity contribution in [2.45, 2.75) is 45.1 Å². The van der Waals surface area contributed by atoms with E-state index in [4.69, 9.17) is 5.11 Å². The Bertz CT molecular complexity index is 227. The first-order chi connectivity index (χ1) is 8.13. The molecule has 1 atom stereocenters. The van der Waals surface area contributed by atoms with Crippen LogP contribution in [0.15, 0.2) is 0 Å². The van der Waals surface area contributed by atoms with Crippen molar-refractivity contribution in [3.63, 3.8) is 0 Å². The van der Waals surface area contributed by atoms with Crippen LogP contribution in [0.5, 0.6) is 0 Å². The number of nitrogens with one attached hydrogen (secondary N) is 1. The Morgan fingerprint density at radius 2 is 2.06 bits per heavy atom. The molecule has 0 aromatic carbocycles. The molecule has 1 rings (SSSR count). The summed E-state index contributed by atoms with van der Waals surface area (Å²) in [4.78, 5) is 13.6. The molecular weight excluding hydrogens is 216 g/mol. The minimum atomic E-state index is 0.0374. The third-order valence-electron chi connectivity index (χ3n) is 3.72. The summed E-state index contributed by atoms with van der Waals surface area (Å²) in [5.41, 5.74) is 0. The first-order valence-electron chi connectivity index (χ1n) is 6.71. The van der Waals surface area contributed by atoms with E-state index in [2.05, 4.69) is 5.32 Å². The van der Waals surface area contributed by atoms with Crippen LogP contribution in [0.25, 0.3) is 0 Å². The van der Waals surface area contributed by atoms with E-state index in [9.17, 15) is 4.79 Å². The van der Waals surface area contributed by atoms with Gasteiger partial charge < -0.3 is 10.4 Å². The highest BCUT2D eigenvalue weighted by Crippen LogP contribution is 2.22. The van der Waals surface area contributed by atoms with Gasteiger partial charge in [-0.3, -0.25) is 9.69 Å². The lowest BCUT2D eigenvalue weighted by atomic mass is 9.89. The minimum absolute atomic E-state index is 0.0374. The highest BCUT2D eigenvalue weighted by Gasteiger charge is 2.16. The molecule has 0 bridgehead atoms. The molecule has 2 N–H and O–H groups in total.